The van der Waals surface area contributed by atoms with E-state index in [1.54, 1.807) is 18.6 Å². The summed E-state index contributed by atoms with van der Waals surface area (Å²) in [7, 11) is 0. The maximum Gasteiger partial charge on any atom is 0.265 e. The van der Waals surface area contributed by atoms with Crippen LogP contribution in [0.15, 0.2) is 143 Å². The highest BCUT2D eigenvalue weighted by molar-refractivity contribution is 6.06. The van der Waals surface area contributed by atoms with Gasteiger partial charge in [-0.1, -0.05) is 72.8 Å². The molecule has 0 aliphatic heterocycles. The minimum Gasteiger partial charge on any atom is -0.337 e. The molecule has 0 amide bonds. The van der Waals surface area contributed by atoms with Crippen molar-refractivity contribution in [3.05, 3.63) is 162 Å². The van der Waals surface area contributed by atoms with Crippen molar-refractivity contribution in [2.24, 2.45) is 15.3 Å². The van der Waals surface area contributed by atoms with Crippen LogP contribution in [0.5, 0.6) is 0 Å². The van der Waals surface area contributed by atoms with E-state index >= 15 is 0 Å². The Morgan fingerprint density at radius 2 is 0.681 bits per heavy atom. The molecule has 12 rings (SSSR count). The Morgan fingerprint density at radius 1 is 0.375 bits per heavy atom. The molecule has 6 N–H and O–H groups in total. The molecule has 0 aliphatic rings. The van der Waals surface area contributed by atoms with Crippen molar-refractivity contribution >= 4 is 101 Å². The first-order valence-electron chi connectivity index (χ1n) is 22.7. The number of pyridine rings is 3. The Bertz CT molecular complexity index is 3560. The summed E-state index contributed by atoms with van der Waals surface area (Å²) >= 11 is 0. The molecule has 72 heavy (non-hydrogen) atoms. The van der Waals surface area contributed by atoms with E-state index in [1.165, 1.54) is 0 Å². The number of fused-ring (bicyclic) bond motifs is 9. The number of nitrogens with zero attached hydrogens (tertiary/aromatic N) is 15. The third-order valence-electron chi connectivity index (χ3n) is 11.5. The number of hydrogen-bond donors (Lipinski definition) is 6. The van der Waals surface area contributed by atoms with Crippen LogP contribution in [-0.4, -0.2) is 92.6 Å². The number of para-hydroxylation sites is 3. The van der Waals surface area contributed by atoms with Gasteiger partial charge in [0.1, 0.15) is 16.6 Å². The van der Waals surface area contributed by atoms with Crippen LogP contribution in [-0.2, 0) is 0 Å². The molecular weight excluding hydrogens is 907 g/mol. The molecule has 3 aromatic carbocycles. The summed E-state index contributed by atoms with van der Waals surface area (Å²) in [6.07, 6.45) is 5.18. The fraction of sp³-hybridized carbons (Fsp3) is 0.118. The number of aromatic nitrogens is 15. The van der Waals surface area contributed by atoms with Crippen LogP contribution in [0.2, 0.25) is 0 Å². The zero-order chi connectivity index (χ0) is 49.6. The Hall–Kier alpha value is -10.1. The number of aromatic amines is 3. The van der Waals surface area contributed by atoms with Crippen LogP contribution in [0.4, 0.5) is 17.8 Å². The molecule has 12 aromatic rings. The first-order chi connectivity index (χ1) is 35.2. The third-order valence-corrected chi connectivity index (χ3v) is 11.5. The number of hydrogen-bond acceptors (Lipinski definition) is 18. The van der Waals surface area contributed by atoms with Crippen molar-refractivity contribution in [1.82, 2.24) is 75.4 Å². The summed E-state index contributed by atoms with van der Waals surface area (Å²) in [6.45, 7) is 11.7. The van der Waals surface area contributed by atoms with Gasteiger partial charge >= 0.3 is 0 Å². The second-order valence-corrected chi connectivity index (χ2v) is 16.4. The van der Waals surface area contributed by atoms with Crippen molar-refractivity contribution in [2.75, 3.05) is 16.3 Å². The zero-order valence-electron chi connectivity index (χ0n) is 39.8. The van der Waals surface area contributed by atoms with Crippen molar-refractivity contribution in [3.63, 3.8) is 0 Å². The number of H-pyrrole nitrogens is 3. The first kappa shape index (κ1) is 45.7. The molecule has 0 spiro atoms. The van der Waals surface area contributed by atoms with E-state index in [2.05, 4.69) is 107 Å². The summed E-state index contributed by atoms with van der Waals surface area (Å²) in [5.74, 6) is 1.01. The molecule has 0 atom stereocenters. The molecular formula is C51H45N21. The van der Waals surface area contributed by atoms with Crippen molar-refractivity contribution < 1.29 is 0 Å². The number of hydrazone groups is 3. The largest absolute Gasteiger partial charge is 0.337 e. The lowest BCUT2D eigenvalue weighted by molar-refractivity contribution is 1.01. The third kappa shape index (κ3) is 9.78. The van der Waals surface area contributed by atoms with Crippen LogP contribution in [0.3, 0.4) is 0 Å². The van der Waals surface area contributed by atoms with E-state index in [1.807, 2.05) is 151 Å². The predicted octanol–water partition coefficient (Wildman–Crippen LogP) is 9.14. The van der Waals surface area contributed by atoms with Gasteiger partial charge in [0.25, 0.3) is 17.8 Å². The Balaban J connectivity index is 0.000000124. The number of benzene rings is 3. The lowest BCUT2D eigenvalue weighted by Gasteiger charge is -2.01. The average Bonchev–Trinajstić information content (AvgIpc) is 4.12. The van der Waals surface area contributed by atoms with Crippen LogP contribution in [0.1, 0.15) is 54.5 Å². The number of aryl methyl sites for hydroxylation is 3. The highest BCUT2D eigenvalue weighted by atomic mass is 15.4. The van der Waals surface area contributed by atoms with Gasteiger partial charge in [-0.05, 0) is 94.6 Å². The zero-order valence-corrected chi connectivity index (χ0v) is 39.8. The monoisotopic (exact) mass is 951 g/mol. The van der Waals surface area contributed by atoms with Crippen LogP contribution in [0, 0.1) is 20.8 Å². The molecule has 0 saturated heterocycles. The first-order valence-corrected chi connectivity index (χ1v) is 22.7. The highest BCUT2D eigenvalue weighted by Gasteiger charge is 2.13. The molecule has 9 aromatic heterocycles. The fourth-order valence-corrected chi connectivity index (χ4v) is 7.68. The molecule has 0 saturated carbocycles. The van der Waals surface area contributed by atoms with Crippen LogP contribution in [0.25, 0.3) is 66.2 Å². The Morgan fingerprint density at radius 3 is 0.958 bits per heavy atom. The quantitative estimate of drug-likeness (QED) is 0.0581. The molecule has 0 unspecified atom stereocenters. The van der Waals surface area contributed by atoms with Gasteiger partial charge in [-0.3, -0.25) is 15.0 Å². The van der Waals surface area contributed by atoms with Gasteiger partial charge in [0.15, 0.2) is 16.9 Å². The number of anilines is 3. The van der Waals surface area contributed by atoms with Gasteiger partial charge in [-0.25, -0.2) is 16.3 Å². The smallest absolute Gasteiger partial charge is 0.265 e. The highest BCUT2D eigenvalue weighted by Crippen LogP contribution is 2.27. The molecule has 0 fully saturated rings. The van der Waals surface area contributed by atoms with Crippen LogP contribution < -0.4 is 16.3 Å². The van der Waals surface area contributed by atoms with Crippen molar-refractivity contribution in [3.8, 4) is 0 Å². The normalized spacial score (nSPS) is 12.0. The predicted molar refractivity (Wildman–Crippen MR) is 282 cm³/mol. The molecule has 9 heterocycles. The minimum absolute atomic E-state index is 0.335. The van der Waals surface area contributed by atoms with Crippen molar-refractivity contribution in [1.29, 1.82) is 0 Å². The fourth-order valence-electron chi connectivity index (χ4n) is 7.68. The topological polar surface area (TPSA) is 275 Å². The Labute approximate surface area is 410 Å². The average molecular weight is 952 g/mol. The van der Waals surface area contributed by atoms with Gasteiger partial charge in [0.2, 0.25) is 0 Å². The molecule has 0 bridgehead atoms. The van der Waals surface area contributed by atoms with E-state index < -0.39 is 0 Å². The molecule has 21 heteroatoms. The summed E-state index contributed by atoms with van der Waals surface area (Å²) in [4.78, 5) is 36.0. The number of nitrogens with one attached hydrogen (secondary N) is 6. The van der Waals surface area contributed by atoms with E-state index in [9.17, 15) is 0 Å². The second kappa shape index (κ2) is 20.3. The SMILES string of the molecule is C/C(=N/Nc1nnc2c(n1)[nH]c1c(C)cccc12)c1ccccn1.C/C(=N/Nc1nnc2c(n1)[nH]c1c(C)cccc12)c1ccccn1.CC(=NNc1nnc2c(n1)[nH]c1c(C)cccc12)c1ccccn1. The maximum absolute atomic E-state index is 4.45. The van der Waals surface area contributed by atoms with Gasteiger partial charge in [-0.15, -0.1) is 30.6 Å². The van der Waals surface area contributed by atoms with Crippen molar-refractivity contribution in [2.45, 2.75) is 41.5 Å². The number of rotatable bonds is 9. The lowest BCUT2D eigenvalue weighted by Crippen LogP contribution is -2.04. The molecule has 0 radical (unpaired) electrons. The second-order valence-electron chi connectivity index (χ2n) is 16.4. The van der Waals surface area contributed by atoms with E-state index in [0.29, 0.717) is 34.8 Å². The van der Waals surface area contributed by atoms with Gasteiger partial charge in [0.05, 0.1) is 50.8 Å². The van der Waals surface area contributed by atoms with E-state index in [4.69, 9.17) is 0 Å². The van der Waals surface area contributed by atoms with Gasteiger partial charge < -0.3 is 15.0 Å². The maximum atomic E-state index is 4.45. The molecule has 21 nitrogen and oxygen atoms in total. The molecule has 354 valence electrons. The Kier molecular flexibility index (Phi) is 12.9. The summed E-state index contributed by atoms with van der Waals surface area (Å²) in [5.41, 5.74) is 23.9. The van der Waals surface area contributed by atoms with Crippen LogP contribution >= 0.6 is 0 Å². The summed E-state index contributed by atoms with van der Waals surface area (Å²) in [6, 6.07) is 35.2. The van der Waals surface area contributed by atoms with E-state index in [0.717, 1.165) is 100 Å². The standard InChI is InChI=1S/3C17H15N7/c3*1-10-6-5-7-12-14(10)19-16-15(12)22-24-17(20-16)23-21-11(2)13-8-3-4-9-18-13/h3*3-9H,1-2H3,(H2,19,20,23,24)/b2*21-11-;. The van der Waals surface area contributed by atoms with E-state index in [-0.39, 0.29) is 0 Å². The molecule has 0 aliphatic carbocycles. The van der Waals surface area contributed by atoms with Gasteiger partial charge in [-0.2, -0.15) is 30.3 Å². The minimum atomic E-state index is 0.335. The van der Waals surface area contributed by atoms with Gasteiger partial charge in [0, 0.05) is 34.7 Å². The summed E-state index contributed by atoms with van der Waals surface area (Å²) in [5, 5.41) is 41.0. The summed E-state index contributed by atoms with van der Waals surface area (Å²) < 4.78 is 0. The lowest BCUT2D eigenvalue weighted by atomic mass is 10.1.